The highest BCUT2D eigenvalue weighted by atomic mass is 16.5. The molecule has 0 saturated heterocycles. The number of nitrogens with zero attached hydrogens (tertiary/aromatic N) is 1. The van der Waals surface area contributed by atoms with Crippen molar-refractivity contribution in [2.45, 2.75) is 78.2 Å². The molecule has 2 saturated carbocycles. The molecule has 0 bridgehead atoms. The molecule has 6 heteroatoms. The maximum absolute atomic E-state index is 13.5. The monoisotopic (exact) mass is 402 g/mol. The first-order chi connectivity index (χ1) is 13.8. The van der Waals surface area contributed by atoms with Crippen LogP contribution in [0.1, 0.15) is 90.4 Å². The number of aromatic amines is 1. The Morgan fingerprint density at radius 1 is 1.07 bits per heavy atom. The molecule has 1 N–H and O–H groups in total. The molecule has 2 aliphatic rings. The molecule has 0 aromatic carbocycles. The molecule has 1 amide bonds. The first-order valence-corrected chi connectivity index (χ1v) is 11.0. The maximum atomic E-state index is 13.5. The summed E-state index contributed by atoms with van der Waals surface area (Å²) in [6.07, 6.45) is 8.88. The van der Waals surface area contributed by atoms with Crippen LogP contribution in [0.2, 0.25) is 0 Å². The van der Waals surface area contributed by atoms with E-state index in [1.54, 1.807) is 13.8 Å². The van der Waals surface area contributed by atoms with Gasteiger partial charge in [-0.25, -0.2) is 4.79 Å². The minimum Gasteiger partial charge on any atom is -0.464 e. The molecule has 0 radical (unpaired) electrons. The molecule has 0 unspecified atom stereocenters. The Kier molecular flexibility index (Phi) is 6.81. The summed E-state index contributed by atoms with van der Waals surface area (Å²) in [5.41, 5.74) is 2.06. The summed E-state index contributed by atoms with van der Waals surface area (Å²) in [7, 11) is 1.32. The molecule has 6 nitrogen and oxygen atoms in total. The maximum Gasteiger partial charge on any atom is 0.354 e. The predicted octanol–water partition coefficient (Wildman–Crippen LogP) is 4.20. The van der Waals surface area contributed by atoms with E-state index < -0.39 is 12.0 Å². The van der Waals surface area contributed by atoms with E-state index in [1.807, 2.05) is 11.8 Å². The van der Waals surface area contributed by atoms with Crippen LogP contribution in [0.15, 0.2) is 0 Å². The van der Waals surface area contributed by atoms with Gasteiger partial charge in [0.25, 0.3) is 0 Å². The fourth-order valence-electron chi connectivity index (χ4n) is 4.75. The number of Topliss-reactive ketones (excluding diaryl/α,β-unsaturated/α-hetero) is 1. The number of H-pyrrole nitrogens is 1. The van der Waals surface area contributed by atoms with Crippen molar-refractivity contribution in [1.29, 1.82) is 0 Å². The molecular weight excluding hydrogens is 368 g/mol. The summed E-state index contributed by atoms with van der Waals surface area (Å²) in [4.78, 5) is 43.5. The molecule has 0 aliphatic heterocycles. The van der Waals surface area contributed by atoms with Crippen molar-refractivity contribution in [3.63, 3.8) is 0 Å². The Morgan fingerprint density at radius 3 is 2.28 bits per heavy atom. The van der Waals surface area contributed by atoms with Gasteiger partial charge < -0.3 is 14.6 Å². The van der Waals surface area contributed by atoms with Crippen molar-refractivity contribution in [2.75, 3.05) is 13.7 Å². The van der Waals surface area contributed by atoms with Gasteiger partial charge in [-0.15, -0.1) is 0 Å². The van der Waals surface area contributed by atoms with Gasteiger partial charge in [0.2, 0.25) is 5.91 Å². The molecule has 160 valence electrons. The number of aryl methyl sites for hydroxylation is 1. The van der Waals surface area contributed by atoms with Crippen LogP contribution < -0.4 is 0 Å². The van der Waals surface area contributed by atoms with Gasteiger partial charge in [0, 0.05) is 23.7 Å². The number of ketones is 1. The zero-order valence-electron chi connectivity index (χ0n) is 18.2. The normalized spacial score (nSPS) is 18.8. The number of esters is 1. The van der Waals surface area contributed by atoms with Crippen LogP contribution in [0.5, 0.6) is 0 Å². The highest BCUT2D eigenvalue weighted by molar-refractivity contribution is 6.06. The molecule has 2 fully saturated rings. The fourth-order valence-corrected chi connectivity index (χ4v) is 4.75. The number of rotatable bonds is 7. The summed E-state index contributed by atoms with van der Waals surface area (Å²) in [5.74, 6) is 0.0773. The number of carbonyl (C=O) groups is 3. The Morgan fingerprint density at radius 2 is 1.72 bits per heavy atom. The second-order valence-corrected chi connectivity index (χ2v) is 8.78. The van der Waals surface area contributed by atoms with E-state index >= 15 is 0 Å². The molecule has 1 atom stereocenters. The van der Waals surface area contributed by atoms with Crippen molar-refractivity contribution < 1.29 is 19.1 Å². The number of hydrogen-bond donors (Lipinski definition) is 1. The fraction of sp³-hybridized carbons (Fsp3) is 0.696. The number of methoxy groups -OCH3 is 1. The van der Waals surface area contributed by atoms with Crippen molar-refractivity contribution in [3.8, 4) is 0 Å². The summed E-state index contributed by atoms with van der Waals surface area (Å²) >= 11 is 0. The SMILES string of the molecule is COC(=O)c1[nH]c(C)c(C(=O)[C@@H](C)N(CC2CCCCC2)C(=O)C2CCC2)c1C. The van der Waals surface area contributed by atoms with Gasteiger partial charge >= 0.3 is 5.97 Å². The number of aromatic nitrogens is 1. The van der Waals surface area contributed by atoms with Crippen LogP contribution >= 0.6 is 0 Å². The topological polar surface area (TPSA) is 79.5 Å². The van der Waals surface area contributed by atoms with E-state index in [9.17, 15) is 14.4 Å². The summed E-state index contributed by atoms with van der Waals surface area (Å²) in [6, 6.07) is -0.538. The third-order valence-electron chi connectivity index (χ3n) is 6.84. The Bertz CT molecular complexity index is 772. The van der Waals surface area contributed by atoms with E-state index in [-0.39, 0.29) is 17.6 Å². The Labute approximate surface area is 173 Å². The van der Waals surface area contributed by atoms with Gasteiger partial charge in [-0.3, -0.25) is 9.59 Å². The van der Waals surface area contributed by atoms with Crippen LogP contribution in [0, 0.1) is 25.7 Å². The predicted molar refractivity (Wildman–Crippen MR) is 111 cm³/mol. The molecule has 1 heterocycles. The molecule has 0 spiro atoms. The quantitative estimate of drug-likeness (QED) is 0.548. The molecule has 1 aromatic heterocycles. The molecule has 3 rings (SSSR count). The van der Waals surface area contributed by atoms with Crippen LogP contribution in [-0.4, -0.2) is 47.2 Å². The molecule has 1 aromatic rings. The first-order valence-electron chi connectivity index (χ1n) is 11.0. The first kappa shape index (κ1) is 21.6. The lowest BCUT2D eigenvalue weighted by Gasteiger charge is -2.38. The van der Waals surface area contributed by atoms with Gasteiger partial charge in [0.1, 0.15) is 5.69 Å². The van der Waals surface area contributed by atoms with Crippen molar-refractivity contribution in [3.05, 3.63) is 22.5 Å². The minimum absolute atomic E-state index is 0.0629. The lowest BCUT2D eigenvalue weighted by atomic mass is 9.82. The standard InChI is InChI=1S/C23H34N2O4/c1-14-19(15(2)24-20(14)23(28)29-4)21(26)16(3)25(22(27)18-11-8-12-18)13-17-9-6-5-7-10-17/h16-18,24H,5-13H2,1-4H3/t16-/m1/s1. The second-order valence-electron chi connectivity index (χ2n) is 8.78. The average molecular weight is 403 g/mol. The van der Waals surface area contributed by atoms with Gasteiger partial charge in [0.15, 0.2) is 5.78 Å². The lowest BCUT2D eigenvalue weighted by molar-refractivity contribution is -0.140. The van der Waals surface area contributed by atoms with Crippen LogP contribution in [0.3, 0.4) is 0 Å². The Hall–Kier alpha value is -2.11. The number of amides is 1. The number of ether oxygens (including phenoxy) is 1. The molecular formula is C23H34N2O4. The average Bonchev–Trinajstić information content (AvgIpc) is 2.97. The zero-order valence-corrected chi connectivity index (χ0v) is 18.2. The van der Waals surface area contributed by atoms with Crippen molar-refractivity contribution >= 4 is 17.7 Å². The van der Waals surface area contributed by atoms with Crippen LogP contribution in [0.25, 0.3) is 0 Å². The molecule has 2 aliphatic carbocycles. The summed E-state index contributed by atoms with van der Waals surface area (Å²) in [5, 5.41) is 0. The van der Waals surface area contributed by atoms with E-state index in [2.05, 4.69) is 4.98 Å². The lowest BCUT2D eigenvalue weighted by Crippen LogP contribution is -2.49. The minimum atomic E-state index is -0.538. The highest BCUT2D eigenvalue weighted by Crippen LogP contribution is 2.32. The number of nitrogens with one attached hydrogen (secondary N) is 1. The van der Waals surface area contributed by atoms with E-state index in [0.717, 1.165) is 32.1 Å². The largest absolute Gasteiger partial charge is 0.464 e. The van der Waals surface area contributed by atoms with Gasteiger partial charge in [-0.05, 0) is 57.9 Å². The number of carbonyl (C=O) groups excluding carboxylic acids is 3. The molecule has 29 heavy (non-hydrogen) atoms. The zero-order chi connectivity index (χ0) is 21.1. The number of hydrogen-bond acceptors (Lipinski definition) is 4. The van der Waals surface area contributed by atoms with Crippen LogP contribution in [0.4, 0.5) is 0 Å². The van der Waals surface area contributed by atoms with Crippen LogP contribution in [-0.2, 0) is 9.53 Å². The smallest absolute Gasteiger partial charge is 0.354 e. The third kappa shape index (κ3) is 4.41. The second kappa shape index (κ2) is 9.14. The van der Waals surface area contributed by atoms with Gasteiger partial charge in [-0.1, -0.05) is 25.7 Å². The van der Waals surface area contributed by atoms with E-state index in [4.69, 9.17) is 4.74 Å². The highest BCUT2D eigenvalue weighted by Gasteiger charge is 2.37. The Balaban J connectivity index is 1.85. The van der Waals surface area contributed by atoms with Gasteiger partial charge in [-0.2, -0.15) is 0 Å². The van der Waals surface area contributed by atoms with E-state index in [0.29, 0.717) is 35.0 Å². The summed E-state index contributed by atoms with van der Waals surface area (Å²) in [6.45, 7) is 6.05. The van der Waals surface area contributed by atoms with Gasteiger partial charge in [0.05, 0.1) is 13.2 Å². The summed E-state index contributed by atoms with van der Waals surface area (Å²) < 4.78 is 4.82. The van der Waals surface area contributed by atoms with Crippen molar-refractivity contribution in [1.82, 2.24) is 9.88 Å². The van der Waals surface area contributed by atoms with Crippen molar-refractivity contribution in [2.24, 2.45) is 11.8 Å². The third-order valence-corrected chi connectivity index (χ3v) is 6.84. The van der Waals surface area contributed by atoms with E-state index in [1.165, 1.54) is 26.4 Å².